The molecule has 3 aromatic carbocycles. The molecule has 0 atom stereocenters. The van der Waals surface area contributed by atoms with Crippen LogP contribution in [0.15, 0.2) is 30.3 Å². The summed E-state index contributed by atoms with van der Waals surface area (Å²) in [6, 6.07) is 8.46. The second kappa shape index (κ2) is 5.38. The van der Waals surface area contributed by atoms with Crippen molar-refractivity contribution in [2.75, 3.05) is 28.7 Å². The quantitative estimate of drug-likeness (QED) is 0.193. The van der Waals surface area contributed by atoms with Crippen LogP contribution in [0.5, 0.6) is 0 Å². The van der Waals surface area contributed by atoms with Gasteiger partial charge < -0.3 is 33.4 Å². The average Bonchev–Trinajstić information content (AvgIpc) is 2.77. The molecule has 0 aliphatic carbocycles. The standard InChI is InChI=1S/C18H23N9O/c19-9-2-1-6(3-10(9)20)13-7-4-11(21)12(22)5-8(7)16(23)15-14(13)17(24,25)28-18(15,26)27/h1-5H,19-27H2. The predicted molar refractivity (Wildman–Crippen MR) is 113 cm³/mol. The van der Waals surface area contributed by atoms with Crippen molar-refractivity contribution in [1.82, 2.24) is 0 Å². The Labute approximate surface area is 160 Å². The van der Waals surface area contributed by atoms with Crippen molar-refractivity contribution in [2.45, 2.75) is 11.7 Å². The Hall–Kier alpha value is -3.28. The van der Waals surface area contributed by atoms with Gasteiger partial charge in [0.05, 0.1) is 22.7 Å². The molecule has 10 nitrogen and oxygen atoms in total. The van der Waals surface area contributed by atoms with Crippen molar-refractivity contribution < 1.29 is 4.74 Å². The van der Waals surface area contributed by atoms with Crippen molar-refractivity contribution >= 4 is 39.2 Å². The minimum atomic E-state index is -1.80. The van der Waals surface area contributed by atoms with E-state index in [1.54, 1.807) is 30.3 Å². The van der Waals surface area contributed by atoms with Gasteiger partial charge in [-0.15, -0.1) is 0 Å². The van der Waals surface area contributed by atoms with Crippen LogP contribution >= 0.6 is 0 Å². The number of nitrogen functional groups attached to an aromatic ring is 5. The molecule has 3 aromatic rings. The number of hydrogen-bond acceptors (Lipinski definition) is 10. The molecule has 1 heterocycles. The maximum Gasteiger partial charge on any atom is 0.203 e. The number of rotatable bonds is 1. The van der Waals surface area contributed by atoms with Crippen LogP contribution in [0.4, 0.5) is 28.4 Å². The van der Waals surface area contributed by atoms with Crippen LogP contribution < -0.4 is 51.6 Å². The molecule has 0 saturated carbocycles. The Morgan fingerprint density at radius 2 is 1.14 bits per heavy atom. The van der Waals surface area contributed by atoms with E-state index in [2.05, 4.69) is 0 Å². The zero-order chi connectivity index (χ0) is 20.6. The van der Waals surface area contributed by atoms with Gasteiger partial charge in [0.15, 0.2) is 0 Å². The molecule has 0 fully saturated rings. The summed E-state index contributed by atoms with van der Waals surface area (Å²) in [7, 11) is 0. The smallest absolute Gasteiger partial charge is 0.203 e. The highest BCUT2D eigenvalue weighted by Crippen LogP contribution is 2.50. The topological polar surface area (TPSA) is 243 Å². The molecule has 0 aromatic heterocycles. The van der Waals surface area contributed by atoms with E-state index >= 15 is 0 Å². The van der Waals surface area contributed by atoms with Gasteiger partial charge in [-0.05, 0) is 40.8 Å². The maximum absolute atomic E-state index is 6.39. The summed E-state index contributed by atoms with van der Waals surface area (Å²) in [6.45, 7) is 0. The average molecular weight is 381 g/mol. The third kappa shape index (κ3) is 2.34. The normalized spacial score (nSPS) is 17.0. The van der Waals surface area contributed by atoms with Crippen LogP contribution in [-0.4, -0.2) is 0 Å². The fourth-order valence-corrected chi connectivity index (χ4v) is 3.80. The zero-order valence-corrected chi connectivity index (χ0v) is 15.0. The highest BCUT2D eigenvalue weighted by atomic mass is 16.6. The van der Waals surface area contributed by atoms with Gasteiger partial charge in [0.1, 0.15) is 0 Å². The molecule has 0 unspecified atom stereocenters. The highest BCUT2D eigenvalue weighted by Gasteiger charge is 2.49. The van der Waals surface area contributed by atoms with Crippen molar-refractivity contribution in [3.05, 3.63) is 41.5 Å². The van der Waals surface area contributed by atoms with Gasteiger partial charge in [0.2, 0.25) is 11.7 Å². The van der Waals surface area contributed by atoms with Crippen LogP contribution in [0.1, 0.15) is 11.1 Å². The van der Waals surface area contributed by atoms with Gasteiger partial charge in [0, 0.05) is 22.2 Å². The van der Waals surface area contributed by atoms with E-state index in [0.717, 1.165) is 0 Å². The van der Waals surface area contributed by atoms with E-state index < -0.39 is 11.7 Å². The number of benzene rings is 3. The van der Waals surface area contributed by atoms with Crippen LogP contribution in [0.3, 0.4) is 0 Å². The van der Waals surface area contributed by atoms with Gasteiger partial charge >= 0.3 is 0 Å². The molecule has 0 spiro atoms. The Balaban J connectivity index is 2.26. The second-order valence-electron chi connectivity index (χ2n) is 7.10. The Morgan fingerprint density at radius 3 is 1.75 bits per heavy atom. The zero-order valence-electron chi connectivity index (χ0n) is 15.0. The summed E-state index contributed by atoms with van der Waals surface area (Å²) in [4.78, 5) is 0. The van der Waals surface area contributed by atoms with Gasteiger partial charge in [-0.25, -0.2) is 0 Å². The lowest BCUT2D eigenvalue weighted by molar-refractivity contribution is -0.132. The fraction of sp³-hybridized carbons (Fsp3) is 0.111. The van der Waals surface area contributed by atoms with Crippen molar-refractivity contribution in [1.29, 1.82) is 0 Å². The summed E-state index contributed by atoms with van der Waals surface area (Å²) in [5.74, 6) is -3.61. The van der Waals surface area contributed by atoms with Crippen molar-refractivity contribution in [3.8, 4) is 11.1 Å². The molecule has 4 rings (SSSR count). The molecule has 1 aliphatic heterocycles. The molecule has 1 aliphatic rings. The predicted octanol–water partition coefficient (Wildman–Crippen LogP) is -0.497. The number of anilines is 5. The van der Waals surface area contributed by atoms with Gasteiger partial charge in [-0.3, -0.25) is 22.9 Å². The van der Waals surface area contributed by atoms with E-state index in [9.17, 15) is 0 Å². The SMILES string of the molecule is Nc1ccc(-c2c3c(c(N)c4cc(N)c(N)cc24)C(N)(N)OC3(N)N)cc1N. The first-order valence-electron chi connectivity index (χ1n) is 8.40. The molecule has 0 amide bonds. The molecule has 18 N–H and O–H groups in total. The maximum atomic E-state index is 6.39. The lowest BCUT2D eigenvalue weighted by atomic mass is 9.85. The minimum Gasteiger partial charge on any atom is -0.398 e. The Morgan fingerprint density at radius 1 is 0.607 bits per heavy atom. The van der Waals surface area contributed by atoms with E-state index in [1.807, 2.05) is 0 Å². The van der Waals surface area contributed by atoms with E-state index in [-0.39, 0.29) is 11.3 Å². The molecular formula is C18H23N9O. The van der Waals surface area contributed by atoms with Crippen LogP contribution in [0.25, 0.3) is 21.9 Å². The van der Waals surface area contributed by atoms with Gasteiger partial charge in [-0.2, -0.15) is 0 Å². The minimum absolute atomic E-state index is 0.256. The molecule has 10 heteroatoms. The van der Waals surface area contributed by atoms with Crippen molar-refractivity contribution in [3.63, 3.8) is 0 Å². The Kier molecular flexibility index (Phi) is 3.48. The van der Waals surface area contributed by atoms with Crippen LogP contribution in [0, 0.1) is 0 Å². The van der Waals surface area contributed by atoms with E-state index in [1.165, 1.54) is 0 Å². The summed E-state index contributed by atoms with van der Waals surface area (Å²) in [5.41, 5.74) is 58.7. The summed E-state index contributed by atoms with van der Waals surface area (Å²) in [6.07, 6.45) is 0. The molecule has 0 bridgehead atoms. The summed E-state index contributed by atoms with van der Waals surface area (Å²) in [5, 5.41) is 1.23. The van der Waals surface area contributed by atoms with Gasteiger partial charge in [0.25, 0.3) is 0 Å². The number of fused-ring (bicyclic) bond motifs is 2. The fourth-order valence-electron chi connectivity index (χ4n) is 3.80. The number of hydrogen-bond donors (Lipinski definition) is 9. The third-order valence-electron chi connectivity index (χ3n) is 5.05. The summed E-state index contributed by atoms with van der Waals surface area (Å²) < 4.78 is 5.55. The first-order valence-corrected chi connectivity index (χ1v) is 8.40. The first kappa shape index (κ1) is 18.1. The van der Waals surface area contributed by atoms with E-state index in [4.69, 9.17) is 56.3 Å². The highest BCUT2D eigenvalue weighted by molar-refractivity contribution is 6.10. The monoisotopic (exact) mass is 381 g/mol. The van der Waals surface area contributed by atoms with Gasteiger partial charge in [-0.1, -0.05) is 6.07 Å². The number of nitrogens with two attached hydrogens (primary N) is 9. The Bertz CT molecular complexity index is 1150. The molecule has 0 radical (unpaired) electrons. The molecule has 0 saturated heterocycles. The number of ether oxygens (including phenoxy) is 1. The first-order chi connectivity index (χ1) is 12.9. The molecular weight excluding hydrogens is 358 g/mol. The lowest BCUT2D eigenvalue weighted by Crippen LogP contribution is -2.54. The summed E-state index contributed by atoms with van der Waals surface area (Å²) >= 11 is 0. The molecule has 146 valence electrons. The lowest BCUT2D eigenvalue weighted by Gasteiger charge is -2.24. The second-order valence-corrected chi connectivity index (χ2v) is 7.10. The third-order valence-corrected chi connectivity index (χ3v) is 5.05. The van der Waals surface area contributed by atoms with E-state index in [0.29, 0.717) is 50.2 Å². The van der Waals surface area contributed by atoms with Crippen molar-refractivity contribution in [2.24, 2.45) is 22.9 Å². The van der Waals surface area contributed by atoms with Crippen LogP contribution in [-0.2, 0) is 16.4 Å². The largest absolute Gasteiger partial charge is 0.398 e. The van der Waals surface area contributed by atoms with Crippen LogP contribution in [0.2, 0.25) is 0 Å². The molecule has 28 heavy (non-hydrogen) atoms.